The molecular weight excluding hydrogens is 188 g/mol. The summed E-state index contributed by atoms with van der Waals surface area (Å²) in [4.78, 5) is 0. The summed E-state index contributed by atoms with van der Waals surface area (Å²) < 4.78 is 5.81. The average molecular weight is 210 g/mol. The second-order valence-electron chi connectivity index (χ2n) is 5.64. The van der Waals surface area contributed by atoms with Gasteiger partial charge in [-0.1, -0.05) is 13.8 Å². The normalized spacial score (nSPS) is 31.6. The van der Waals surface area contributed by atoms with Crippen LogP contribution in [-0.2, 0) is 4.74 Å². The highest BCUT2D eigenvalue weighted by molar-refractivity contribution is 5.31. The number of ether oxygens (including phenoxy) is 1. The Labute approximate surface area is 92.3 Å². The van der Waals surface area contributed by atoms with Crippen molar-refractivity contribution in [3.05, 3.63) is 11.1 Å². The van der Waals surface area contributed by atoms with Crippen molar-refractivity contribution in [1.29, 1.82) is 0 Å². The summed E-state index contributed by atoms with van der Waals surface area (Å²) >= 11 is 0. The van der Waals surface area contributed by atoms with Crippen molar-refractivity contribution in [2.24, 2.45) is 5.41 Å². The van der Waals surface area contributed by atoms with Crippen LogP contribution in [-0.4, -0.2) is 23.9 Å². The molecule has 0 amide bonds. The molecule has 0 bridgehead atoms. The monoisotopic (exact) mass is 210 g/mol. The Bertz CT molecular complexity index is 276. The van der Waals surface area contributed by atoms with E-state index in [1.54, 1.807) is 0 Å². The number of hydrogen-bond donors (Lipinski definition) is 1. The first kappa shape index (κ1) is 11.2. The van der Waals surface area contributed by atoms with Gasteiger partial charge in [-0.15, -0.1) is 0 Å². The number of aliphatic hydroxyl groups is 1. The third-order valence-electron chi connectivity index (χ3n) is 3.73. The van der Waals surface area contributed by atoms with Gasteiger partial charge in [-0.3, -0.25) is 0 Å². The van der Waals surface area contributed by atoms with Crippen LogP contribution in [0.1, 0.15) is 46.5 Å². The van der Waals surface area contributed by atoms with Gasteiger partial charge in [0.15, 0.2) is 0 Å². The zero-order valence-electron chi connectivity index (χ0n) is 10.0. The van der Waals surface area contributed by atoms with E-state index < -0.39 is 0 Å². The maximum atomic E-state index is 9.47. The molecule has 0 spiro atoms. The quantitative estimate of drug-likeness (QED) is 0.710. The molecule has 2 rings (SSSR count). The number of aliphatic hydroxyl groups excluding tert-OH is 1. The average Bonchev–Trinajstić information content (AvgIpc) is 2.48. The van der Waals surface area contributed by atoms with Gasteiger partial charge >= 0.3 is 0 Å². The van der Waals surface area contributed by atoms with E-state index in [0.29, 0.717) is 0 Å². The molecule has 0 unspecified atom stereocenters. The lowest BCUT2D eigenvalue weighted by Crippen LogP contribution is -2.28. The standard InChI is InChI=1S/C13H22O2/c1-9(14)7-11-12-10(8-15-11)5-4-6-13(12,2)3/h9,11,14H,4-8H2,1-3H3/t9-,11+/m1/s1. The van der Waals surface area contributed by atoms with E-state index in [1.807, 2.05) is 6.92 Å². The van der Waals surface area contributed by atoms with E-state index >= 15 is 0 Å². The molecule has 2 atom stereocenters. The van der Waals surface area contributed by atoms with Gasteiger partial charge in [-0.25, -0.2) is 0 Å². The molecule has 15 heavy (non-hydrogen) atoms. The second-order valence-corrected chi connectivity index (χ2v) is 5.64. The summed E-state index contributed by atoms with van der Waals surface area (Å²) in [6.07, 6.45) is 4.41. The molecule has 0 aromatic rings. The van der Waals surface area contributed by atoms with Gasteiger partial charge in [0.1, 0.15) is 0 Å². The lowest BCUT2D eigenvalue weighted by atomic mass is 9.71. The largest absolute Gasteiger partial charge is 0.393 e. The van der Waals surface area contributed by atoms with E-state index in [0.717, 1.165) is 13.0 Å². The van der Waals surface area contributed by atoms with Crippen molar-refractivity contribution in [3.63, 3.8) is 0 Å². The molecule has 0 aromatic carbocycles. The molecule has 2 nitrogen and oxygen atoms in total. The third-order valence-corrected chi connectivity index (χ3v) is 3.73. The zero-order valence-corrected chi connectivity index (χ0v) is 10.0. The van der Waals surface area contributed by atoms with E-state index in [1.165, 1.54) is 30.4 Å². The van der Waals surface area contributed by atoms with Gasteiger partial charge in [-0.2, -0.15) is 0 Å². The Hall–Kier alpha value is -0.340. The molecule has 2 heteroatoms. The maximum absolute atomic E-state index is 9.47. The zero-order chi connectivity index (χ0) is 11.1. The van der Waals surface area contributed by atoms with Crippen molar-refractivity contribution < 1.29 is 9.84 Å². The highest BCUT2D eigenvalue weighted by Crippen LogP contribution is 2.46. The van der Waals surface area contributed by atoms with E-state index in [-0.39, 0.29) is 17.6 Å². The minimum absolute atomic E-state index is 0.176. The van der Waals surface area contributed by atoms with Crippen molar-refractivity contribution in [2.75, 3.05) is 6.61 Å². The topological polar surface area (TPSA) is 29.5 Å². The molecule has 0 saturated carbocycles. The Kier molecular flexibility index (Phi) is 2.91. The summed E-state index contributed by atoms with van der Waals surface area (Å²) in [7, 11) is 0. The van der Waals surface area contributed by atoms with E-state index in [4.69, 9.17) is 4.74 Å². The van der Waals surface area contributed by atoms with Crippen LogP contribution >= 0.6 is 0 Å². The predicted octanol–water partition coefficient (Wildman–Crippen LogP) is 2.66. The first-order valence-corrected chi connectivity index (χ1v) is 6.03. The van der Waals surface area contributed by atoms with Gasteiger partial charge in [0, 0.05) is 6.42 Å². The fourth-order valence-corrected chi connectivity index (χ4v) is 3.09. The molecule has 0 aromatic heterocycles. The smallest absolute Gasteiger partial charge is 0.0822 e. The van der Waals surface area contributed by atoms with Crippen molar-refractivity contribution in [1.82, 2.24) is 0 Å². The van der Waals surface area contributed by atoms with Crippen molar-refractivity contribution >= 4 is 0 Å². The van der Waals surface area contributed by atoms with Crippen LogP contribution in [0.5, 0.6) is 0 Å². The lowest BCUT2D eigenvalue weighted by Gasteiger charge is -2.34. The molecule has 0 fully saturated rings. The lowest BCUT2D eigenvalue weighted by molar-refractivity contribution is 0.0602. The van der Waals surface area contributed by atoms with Crippen LogP contribution < -0.4 is 0 Å². The van der Waals surface area contributed by atoms with Gasteiger partial charge < -0.3 is 9.84 Å². The molecule has 1 aliphatic heterocycles. The summed E-state index contributed by atoms with van der Waals surface area (Å²) in [5, 5.41) is 9.47. The van der Waals surface area contributed by atoms with E-state index in [9.17, 15) is 5.11 Å². The SMILES string of the molecule is C[C@@H](O)C[C@@H]1OCC2=C1C(C)(C)CCC2. The first-order chi connectivity index (χ1) is 7.00. The van der Waals surface area contributed by atoms with Crippen LogP contribution in [0.3, 0.4) is 0 Å². The predicted molar refractivity (Wildman–Crippen MR) is 60.7 cm³/mol. The molecular formula is C13H22O2. The molecule has 2 aliphatic rings. The van der Waals surface area contributed by atoms with Crippen LogP contribution in [0.4, 0.5) is 0 Å². The van der Waals surface area contributed by atoms with Gasteiger partial charge in [0.2, 0.25) is 0 Å². The number of hydrogen-bond acceptors (Lipinski definition) is 2. The molecule has 86 valence electrons. The van der Waals surface area contributed by atoms with Gasteiger partial charge in [0.05, 0.1) is 18.8 Å². The van der Waals surface area contributed by atoms with Gasteiger partial charge in [0.25, 0.3) is 0 Å². The summed E-state index contributed by atoms with van der Waals surface area (Å²) in [6.45, 7) is 7.27. The van der Waals surface area contributed by atoms with Gasteiger partial charge in [-0.05, 0) is 42.7 Å². The summed E-state index contributed by atoms with van der Waals surface area (Å²) in [6, 6.07) is 0. The van der Waals surface area contributed by atoms with Crippen LogP contribution in [0, 0.1) is 5.41 Å². The van der Waals surface area contributed by atoms with E-state index in [2.05, 4.69) is 13.8 Å². The second kappa shape index (κ2) is 3.91. The fraction of sp³-hybridized carbons (Fsp3) is 0.846. The fourth-order valence-electron chi connectivity index (χ4n) is 3.09. The first-order valence-electron chi connectivity index (χ1n) is 6.03. The number of rotatable bonds is 2. The summed E-state index contributed by atoms with van der Waals surface area (Å²) in [5.41, 5.74) is 3.29. The highest BCUT2D eigenvalue weighted by atomic mass is 16.5. The van der Waals surface area contributed by atoms with Crippen LogP contribution in [0.15, 0.2) is 11.1 Å². The Morgan fingerprint density at radius 2 is 2.27 bits per heavy atom. The van der Waals surface area contributed by atoms with Crippen LogP contribution in [0.2, 0.25) is 0 Å². The maximum Gasteiger partial charge on any atom is 0.0822 e. The van der Waals surface area contributed by atoms with Crippen LogP contribution in [0.25, 0.3) is 0 Å². The molecule has 1 heterocycles. The van der Waals surface area contributed by atoms with Crippen molar-refractivity contribution in [2.45, 2.75) is 58.7 Å². The highest BCUT2D eigenvalue weighted by Gasteiger charge is 2.39. The Balaban J connectivity index is 2.21. The molecule has 0 radical (unpaired) electrons. The summed E-state index contributed by atoms with van der Waals surface area (Å²) in [5.74, 6) is 0. The Morgan fingerprint density at radius 1 is 1.53 bits per heavy atom. The third kappa shape index (κ3) is 2.11. The Morgan fingerprint density at radius 3 is 2.93 bits per heavy atom. The molecule has 0 saturated heterocycles. The minimum Gasteiger partial charge on any atom is -0.393 e. The molecule has 1 aliphatic carbocycles. The molecule has 1 N–H and O–H groups in total. The van der Waals surface area contributed by atoms with Crippen molar-refractivity contribution in [3.8, 4) is 0 Å². The minimum atomic E-state index is -0.264.